The van der Waals surface area contributed by atoms with Crippen LogP contribution >= 0.6 is 11.8 Å². The van der Waals surface area contributed by atoms with Crippen LogP contribution in [0.4, 0.5) is 0 Å². The van der Waals surface area contributed by atoms with E-state index in [0.29, 0.717) is 5.96 Å². The van der Waals surface area contributed by atoms with E-state index >= 15 is 0 Å². The summed E-state index contributed by atoms with van der Waals surface area (Å²) in [5.41, 5.74) is -0.492. The molecule has 2 rings (SSSR count). The predicted molar refractivity (Wildman–Crippen MR) is 72.3 cm³/mol. The third-order valence-corrected chi connectivity index (χ3v) is 4.92. The first-order valence-electron chi connectivity index (χ1n) is 6.24. The van der Waals surface area contributed by atoms with Gasteiger partial charge >= 0.3 is 0 Å². The fourth-order valence-electron chi connectivity index (χ4n) is 2.35. The van der Waals surface area contributed by atoms with Gasteiger partial charge in [-0.3, -0.25) is 15.1 Å². The first-order chi connectivity index (χ1) is 8.02. The molecule has 0 radical (unpaired) electrons. The van der Waals surface area contributed by atoms with Crippen LogP contribution in [0.25, 0.3) is 0 Å². The molecular formula is C12H21N3OS. The molecule has 1 atom stereocenters. The molecule has 17 heavy (non-hydrogen) atoms. The number of aliphatic imine (C=N–C) groups is 1. The third-order valence-electron chi connectivity index (χ3n) is 3.79. The molecule has 2 N–H and O–H groups in total. The molecule has 2 saturated heterocycles. The zero-order valence-electron chi connectivity index (χ0n) is 10.8. The van der Waals surface area contributed by atoms with E-state index in [9.17, 15) is 4.79 Å². The van der Waals surface area contributed by atoms with Crippen molar-refractivity contribution in [1.29, 1.82) is 0 Å². The van der Waals surface area contributed by atoms with Gasteiger partial charge in [-0.2, -0.15) is 11.8 Å². The minimum atomic E-state index is -0.470. The highest BCUT2D eigenvalue weighted by molar-refractivity contribution is 7.99. The van der Waals surface area contributed by atoms with Gasteiger partial charge in [0.15, 0.2) is 5.96 Å². The van der Waals surface area contributed by atoms with Crippen LogP contribution < -0.4 is 10.6 Å². The lowest BCUT2D eigenvalue weighted by atomic mass is 9.71. The van der Waals surface area contributed by atoms with E-state index in [4.69, 9.17) is 0 Å². The summed E-state index contributed by atoms with van der Waals surface area (Å²) < 4.78 is 0. The molecule has 1 unspecified atom stereocenters. The van der Waals surface area contributed by atoms with Gasteiger partial charge in [0.05, 0.1) is 0 Å². The summed E-state index contributed by atoms with van der Waals surface area (Å²) in [6, 6.07) is 0. The molecule has 5 heteroatoms. The lowest BCUT2D eigenvalue weighted by molar-refractivity contribution is -0.127. The number of amides is 1. The van der Waals surface area contributed by atoms with Crippen LogP contribution in [0.1, 0.15) is 33.6 Å². The van der Waals surface area contributed by atoms with Gasteiger partial charge in [-0.25, -0.2) is 0 Å². The van der Waals surface area contributed by atoms with E-state index in [-0.39, 0.29) is 11.3 Å². The Morgan fingerprint density at radius 2 is 2.24 bits per heavy atom. The van der Waals surface area contributed by atoms with Gasteiger partial charge < -0.3 is 5.32 Å². The van der Waals surface area contributed by atoms with Crippen molar-refractivity contribution < 1.29 is 4.79 Å². The summed E-state index contributed by atoms with van der Waals surface area (Å²) in [6.07, 6.45) is 2.05. The normalized spacial score (nSPS) is 33.8. The Bertz CT molecular complexity index is 354. The molecule has 2 heterocycles. The molecule has 2 aliphatic rings. The molecule has 1 amide bonds. The number of carbonyl (C=O) groups is 1. The number of nitrogens with zero attached hydrogens (tertiary/aromatic N) is 1. The fraction of sp³-hybridized carbons (Fsp3) is 0.833. The summed E-state index contributed by atoms with van der Waals surface area (Å²) in [7, 11) is 0. The summed E-state index contributed by atoms with van der Waals surface area (Å²) in [6.45, 7) is 7.17. The average molecular weight is 255 g/mol. The van der Waals surface area contributed by atoms with E-state index in [0.717, 1.165) is 30.9 Å². The second kappa shape index (κ2) is 4.52. The molecule has 4 nitrogen and oxygen atoms in total. The number of hydrogen-bond acceptors (Lipinski definition) is 3. The number of guanidine groups is 1. The number of hydrogen-bond donors (Lipinski definition) is 2. The summed E-state index contributed by atoms with van der Waals surface area (Å²) in [4.78, 5) is 16.6. The van der Waals surface area contributed by atoms with Crippen LogP contribution in [-0.4, -0.2) is 35.5 Å². The van der Waals surface area contributed by atoms with E-state index < -0.39 is 5.54 Å². The van der Waals surface area contributed by atoms with Gasteiger partial charge in [-0.05, 0) is 24.0 Å². The Morgan fingerprint density at radius 1 is 1.47 bits per heavy atom. The highest BCUT2D eigenvalue weighted by atomic mass is 32.2. The van der Waals surface area contributed by atoms with E-state index in [1.165, 1.54) is 0 Å². The molecule has 1 spiro atoms. The summed E-state index contributed by atoms with van der Waals surface area (Å²) in [5, 5.41) is 6.24. The van der Waals surface area contributed by atoms with Crippen molar-refractivity contribution >= 4 is 23.6 Å². The molecule has 2 aliphatic heterocycles. The maximum absolute atomic E-state index is 12.3. The Kier molecular flexibility index (Phi) is 3.39. The van der Waals surface area contributed by atoms with Crippen molar-refractivity contribution in [2.75, 3.05) is 18.1 Å². The second-order valence-corrected chi connectivity index (χ2v) is 6.51. The van der Waals surface area contributed by atoms with Crippen molar-refractivity contribution in [2.45, 2.75) is 39.2 Å². The predicted octanol–water partition coefficient (Wildman–Crippen LogP) is 1.37. The Balaban J connectivity index is 2.23. The molecule has 2 fully saturated rings. The minimum absolute atomic E-state index is 0.0220. The number of nitrogens with one attached hydrogen (secondary N) is 2. The lowest BCUT2D eigenvalue weighted by Gasteiger charge is -2.45. The standard InChI is InChI=1S/C12H21N3OS/c1-4-6-13-10-14-9(16)12(15-10)8-17-7-5-11(12,2)3/h4-8H2,1-3H3,(H2,13,14,15,16). The molecule has 0 aromatic rings. The first-order valence-corrected chi connectivity index (χ1v) is 7.39. The number of rotatable bonds is 2. The van der Waals surface area contributed by atoms with Crippen LogP contribution in [0.5, 0.6) is 0 Å². The van der Waals surface area contributed by atoms with E-state index in [2.05, 4.69) is 36.4 Å². The molecular weight excluding hydrogens is 234 g/mol. The Morgan fingerprint density at radius 3 is 2.88 bits per heavy atom. The number of carbonyl (C=O) groups excluding carboxylic acids is 1. The van der Waals surface area contributed by atoms with Crippen LogP contribution in [-0.2, 0) is 4.79 Å². The Labute approximate surface area is 107 Å². The summed E-state index contributed by atoms with van der Waals surface area (Å²) >= 11 is 1.84. The molecule has 0 bridgehead atoms. The first kappa shape index (κ1) is 12.7. The van der Waals surface area contributed by atoms with Gasteiger partial charge in [0.25, 0.3) is 5.91 Å². The van der Waals surface area contributed by atoms with Crippen molar-refractivity contribution in [3.05, 3.63) is 0 Å². The molecule has 96 valence electrons. The van der Waals surface area contributed by atoms with E-state index in [1.807, 2.05) is 11.8 Å². The summed E-state index contributed by atoms with van der Waals surface area (Å²) in [5.74, 6) is 2.71. The highest BCUT2D eigenvalue weighted by Gasteiger charge is 2.56. The molecule has 0 aliphatic carbocycles. The SMILES string of the molecule is CCCN=C1NC(=O)C2(CSCCC2(C)C)N1. The quantitative estimate of drug-likeness (QED) is 0.783. The number of thioether (sulfide) groups is 1. The van der Waals surface area contributed by atoms with Crippen LogP contribution in [0.2, 0.25) is 0 Å². The fourth-order valence-corrected chi connectivity index (χ4v) is 4.05. The van der Waals surface area contributed by atoms with Crippen molar-refractivity contribution in [3.63, 3.8) is 0 Å². The maximum atomic E-state index is 12.3. The maximum Gasteiger partial charge on any atom is 0.253 e. The second-order valence-electron chi connectivity index (χ2n) is 5.40. The van der Waals surface area contributed by atoms with Crippen molar-refractivity contribution in [2.24, 2.45) is 10.4 Å². The van der Waals surface area contributed by atoms with Gasteiger partial charge in [0, 0.05) is 12.3 Å². The van der Waals surface area contributed by atoms with Gasteiger partial charge in [-0.1, -0.05) is 20.8 Å². The van der Waals surface area contributed by atoms with Gasteiger partial charge in [0.2, 0.25) is 0 Å². The highest BCUT2D eigenvalue weighted by Crippen LogP contribution is 2.43. The van der Waals surface area contributed by atoms with Gasteiger partial charge in [-0.15, -0.1) is 0 Å². The molecule has 0 aromatic carbocycles. The van der Waals surface area contributed by atoms with E-state index in [1.54, 1.807) is 0 Å². The monoisotopic (exact) mass is 255 g/mol. The van der Waals surface area contributed by atoms with Crippen LogP contribution in [0.15, 0.2) is 4.99 Å². The zero-order chi connectivity index (χ0) is 12.5. The Hall–Kier alpha value is -0.710. The third kappa shape index (κ3) is 2.05. The molecule has 0 saturated carbocycles. The van der Waals surface area contributed by atoms with Gasteiger partial charge in [0.1, 0.15) is 5.54 Å². The lowest BCUT2D eigenvalue weighted by Crippen LogP contribution is -2.61. The zero-order valence-corrected chi connectivity index (χ0v) is 11.6. The minimum Gasteiger partial charge on any atom is -0.340 e. The largest absolute Gasteiger partial charge is 0.340 e. The smallest absolute Gasteiger partial charge is 0.253 e. The van der Waals surface area contributed by atoms with Crippen LogP contribution in [0.3, 0.4) is 0 Å². The van der Waals surface area contributed by atoms with Crippen molar-refractivity contribution in [1.82, 2.24) is 10.6 Å². The molecule has 0 aromatic heterocycles. The topological polar surface area (TPSA) is 53.5 Å². The van der Waals surface area contributed by atoms with Crippen molar-refractivity contribution in [3.8, 4) is 0 Å². The average Bonchev–Trinajstić information content (AvgIpc) is 2.59. The van der Waals surface area contributed by atoms with Crippen LogP contribution in [0, 0.1) is 5.41 Å².